The number of rotatable bonds is 26. The molecule has 460 valence electrons. The number of aliphatic hydroxyl groups excluding tert-OH is 18. The number of carbonyl (C=O) groups is 3. The molecule has 3 fully saturated rings. The first kappa shape index (κ1) is 73.9. The van der Waals surface area contributed by atoms with Crippen LogP contribution in [0.4, 0.5) is 0 Å². The van der Waals surface area contributed by atoms with E-state index in [1.165, 1.54) is 0 Å². The predicted octanol–water partition coefficient (Wildman–Crippen LogP) is -7.02. The molecule has 18 unspecified atom stereocenters. The van der Waals surface area contributed by atoms with Crippen molar-refractivity contribution in [3.05, 3.63) is 12.2 Å². The Morgan fingerprint density at radius 1 is 0.372 bits per heavy atom. The molecule has 33 nitrogen and oxygen atoms in total. The maximum absolute atomic E-state index is 12.4. The van der Waals surface area contributed by atoms with Crippen molar-refractivity contribution in [3.63, 3.8) is 0 Å². The molecule has 0 saturated heterocycles. The van der Waals surface area contributed by atoms with Gasteiger partial charge >= 0.3 is 40.7 Å². The molecular weight excluding hydrogens is 1130 g/mol. The summed E-state index contributed by atoms with van der Waals surface area (Å²) in [4.78, 5) is 33.3. The standard InChI is InChI=1S/C16H29O11P.2C13H25O11P/c1-3-4-5-6-10(18)25-7-9(17)8-26-28(2,24)27-16-14(22)12(20)11(19)13(21)15(16)23;2*1-3-7(15)22-4-6(14)5-23-25(2,21)24-13-11(19)9(17)8(16)10(18)12(13)20/h4-5,9,11-17,19-23H,3,6-8H2,1-2H3;2*6,8-14,16-20H,3-5H2,1-2H3/b5-4-;;. The predicted molar refractivity (Wildman–Crippen MR) is 259 cm³/mol. The van der Waals surface area contributed by atoms with E-state index in [1.807, 2.05) is 6.92 Å². The van der Waals surface area contributed by atoms with Gasteiger partial charge in [0.15, 0.2) is 0 Å². The molecule has 0 heterocycles. The quantitative estimate of drug-likeness (QED) is 0.0166. The molecule has 0 radical (unpaired) electrons. The molecular formula is C42H79O33P3. The van der Waals surface area contributed by atoms with Crippen molar-refractivity contribution >= 4 is 40.7 Å². The van der Waals surface area contributed by atoms with Gasteiger partial charge < -0.3 is 120 Å². The van der Waals surface area contributed by atoms with Crippen LogP contribution in [-0.4, -0.2) is 298 Å². The Labute approximate surface area is 447 Å². The van der Waals surface area contributed by atoms with E-state index >= 15 is 0 Å². The van der Waals surface area contributed by atoms with Crippen LogP contribution in [-0.2, 0) is 69.4 Å². The summed E-state index contributed by atoms with van der Waals surface area (Å²) in [5, 5.41) is 174. The fourth-order valence-electron chi connectivity index (χ4n) is 6.70. The highest BCUT2D eigenvalue weighted by Gasteiger charge is 2.53. The average molecular weight is 1200 g/mol. The second kappa shape index (κ2) is 34.5. The van der Waals surface area contributed by atoms with Gasteiger partial charge in [-0.2, -0.15) is 0 Å². The molecule has 0 aromatic carbocycles. The molecule has 18 N–H and O–H groups in total. The Kier molecular flexibility index (Phi) is 32.7. The van der Waals surface area contributed by atoms with E-state index in [0.29, 0.717) is 0 Å². The topological polar surface area (TPSA) is 550 Å². The molecule has 0 bridgehead atoms. The highest BCUT2D eigenvalue weighted by Crippen LogP contribution is 2.49. The van der Waals surface area contributed by atoms with Crippen molar-refractivity contribution in [2.24, 2.45) is 0 Å². The summed E-state index contributed by atoms with van der Waals surface area (Å²) in [7, 11) is -11.8. The smallest absolute Gasteiger partial charge is 0.328 e. The number of hydrogen-bond donors (Lipinski definition) is 18. The van der Waals surface area contributed by atoms with Gasteiger partial charge in [-0.25, -0.2) is 0 Å². The fourth-order valence-corrected chi connectivity index (χ4v) is 10.3. The zero-order valence-corrected chi connectivity index (χ0v) is 46.0. The summed E-state index contributed by atoms with van der Waals surface area (Å²) >= 11 is 0. The van der Waals surface area contributed by atoms with Crippen LogP contribution in [0.5, 0.6) is 0 Å². The van der Waals surface area contributed by atoms with Crippen molar-refractivity contribution in [1.29, 1.82) is 0 Å². The summed E-state index contributed by atoms with van der Waals surface area (Å²) in [5.41, 5.74) is 0. The summed E-state index contributed by atoms with van der Waals surface area (Å²) in [5.74, 6) is -1.63. The maximum atomic E-state index is 12.4. The number of hydrogen-bond acceptors (Lipinski definition) is 33. The Bertz CT molecular complexity index is 1840. The van der Waals surface area contributed by atoms with Gasteiger partial charge in [0.2, 0.25) is 0 Å². The van der Waals surface area contributed by atoms with Crippen LogP contribution < -0.4 is 0 Å². The van der Waals surface area contributed by atoms with Gasteiger partial charge in [0.05, 0.1) is 26.2 Å². The number of carbonyl (C=O) groups excluding carboxylic acids is 3. The third-order valence-electron chi connectivity index (χ3n) is 11.2. The van der Waals surface area contributed by atoms with E-state index in [2.05, 4.69) is 9.47 Å². The van der Waals surface area contributed by atoms with Gasteiger partial charge in [-0.15, -0.1) is 0 Å². The molecule has 36 heteroatoms. The van der Waals surface area contributed by atoms with Crippen LogP contribution in [0.2, 0.25) is 0 Å². The Balaban J connectivity index is 0.000000586. The Morgan fingerprint density at radius 3 is 0.808 bits per heavy atom. The normalized spacial score (nSPS) is 35.6. The minimum atomic E-state index is -3.97. The number of allylic oxidation sites excluding steroid dienone is 1. The maximum Gasteiger partial charge on any atom is 0.328 e. The zero-order valence-electron chi connectivity index (χ0n) is 43.4. The van der Waals surface area contributed by atoms with E-state index in [-0.39, 0.29) is 32.5 Å². The van der Waals surface area contributed by atoms with Crippen LogP contribution in [0.15, 0.2) is 12.2 Å². The van der Waals surface area contributed by atoms with Crippen molar-refractivity contribution in [3.8, 4) is 0 Å². The van der Waals surface area contributed by atoms with Gasteiger partial charge in [-0.05, 0) is 6.42 Å². The molecule has 0 aromatic heterocycles. The average Bonchev–Trinajstić information content (AvgIpc) is 3.39. The van der Waals surface area contributed by atoms with E-state index in [4.69, 9.17) is 31.9 Å². The lowest BCUT2D eigenvalue weighted by Gasteiger charge is -2.42. The molecule has 3 rings (SSSR count). The van der Waals surface area contributed by atoms with Crippen molar-refractivity contribution in [2.45, 2.75) is 175 Å². The summed E-state index contributed by atoms with van der Waals surface area (Å²) < 4.78 is 80.7. The molecule has 0 aromatic rings. The minimum Gasteiger partial charge on any atom is -0.463 e. The first-order valence-electron chi connectivity index (χ1n) is 24.1. The molecule has 3 aliphatic rings. The summed E-state index contributed by atoms with van der Waals surface area (Å²) in [6.45, 7) is 5.23. The first-order chi connectivity index (χ1) is 36.0. The largest absolute Gasteiger partial charge is 0.463 e. The lowest BCUT2D eigenvalue weighted by Crippen LogP contribution is -2.64. The van der Waals surface area contributed by atoms with Crippen LogP contribution in [0, 0.1) is 0 Å². The van der Waals surface area contributed by atoms with Crippen molar-refractivity contribution in [2.75, 3.05) is 59.6 Å². The zero-order chi connectivity index (χ0) is 60.2. The van der Waals surface area contributed by atoms with Crippen molar-refractivity contribution in [1.82, 2.24) is 0 Å². The fraction of sp³-hybridized carbons (Fsp3) is 0.881. The van der Waals surface area contributed by atoms with Gasteiger partial charge in [0.1, 0.15) is 148 Å². The molecule has 0 amide bonds. The third kappa shape index (κ3) is 24.4. The molecule has 3 saturated carbocycles. The van der Waals surface area contributed by atoms with Gasteiger partial charge in [0, 0.05) is 32.8 Å². The van der Waals surface area contributed by atoms with E-state index in [0.717, 1.165) is 26.4 Å². The SMILES string of the molecule is CC/C=C\CC(=O)OCC(O)COP(C)(=O)OC1C(O)C(O)C(O)C(O)C1O.CCC(=O)OCC(O)COP(C)(=O)OC1C(O)C(O)C(O)C(O)C1O.CCC(=O)OCC(O)COP(C)(=O)OC1C(O)C(O)C(O)C(O)C1O. The van der Waals surface area contributed by atoms with E-state index < -0.39 is 195 Å². The Hall–Kier alpha value is -2.12. The second-order valence-electron chi connectivity index (χ2n) is 18.1. The van der Waals surface area contributed by atoms with Gasteiger partial charge in [0.25, 0.3) is 0 Å². The van der Waals surface area contributed by atoms with Crippen LogP contribution >= 0.6 is 22.8 Å². The molecule has 18 atom stereocenters. The lowest BCUT2D eigenvalue weighted by atomic mass is 9.85. The van der Waals surface area contributed by atoms with Gasteiger partial charge in [-0.3, -0.25) is 41.6 Å². The minimum absolute atomic E-state index is 0.0464. The van der Waals surface area contributed by atoms with E-state index in [9.17, 15) is 120 Å². The number of ether oxygens (including phenoxy) is 3. The molecule has 78 heavy (non-hydrogen) atoms. The summed E-state index contributed by atoms with van der Waals surface area (Å²) in [6.07, 6.45) is -31.9. The van der Waals surface area contributed by atoms with Crippen LogP contribution in [0.25, 0.3) is 0 Å². The number of aliphatic hydroxyl groups is 18. The van der Waals surface area contributed by atoms with E-state index in [1.54, 1.807) is 26.0 Å². The van der Waals surface area contributed by atoms with Crippen LogP contribution in [0.1, 0.15) is 46.5 Å². The Morgan fingerprint density at radius 2 is 0.590 bits per heavy atom. The van der Waals surface area contributed by atoms with Crippen molar-refractivity contribution < 1.29 is 161 Å². The second-order valence-corrected chi connectivity index (χ2v) is 24.1. The van der Waals surface area contributed by atoms with Gasteiger partial charge in [-0.1, -0.05) is 32.9 Å². The summed E-state index contributed by atoms with van der Waals surface area (Å²) in [6, 6.07) is 0. The highest BCUT2D eigenvalue weighted by atomic mass is 31.2. The monoisotopic (exact) mass is 1200 g/mol. The number of esters is 3. The van der Waals surface area contributed by atoms with Crippen LogP contribution in [0.3, 0.4) is 0 Å². The molecule has 0 spiro atoms. The third-order valence-corrected chi connectivity index (χ3v) is 15.0. The lowest BCUT2D eigenvalue weighted by molar-refractivity contribution is -0.218. The molecule has 3 aliphatic carbocycles. The first-order valence-corrected chi connectivity index (χ1v) is 30.0. The highest BCUT2D eigenvalue weighted by molar-refractivity contribution is 7.53. The molecule has 0 aliphatic heterocycles.